The molecule has 5 nitrogen and oxygen atoms in total. The van der Waals surface area contributed by atoms with Crippen LogP contribution in [0.3, 0.4) is 0 Å². The largest absolute Gasteiger partial charge is 0.492 e. The van der Waals surface area contributed by atoms with Crippen molar-refractivity contribution in [2.45, 2.75) is 47.2 Å². The Labute approximate surface area is 170 Å². The van der Waals surface area contributed by atoms with Crippen molar-refractivity contribution < 1.29 is 4.74 Å². The molecule has 0 saturated carbocycles. The first kappa shape index (κ1) is 24.0. The van der Waals surface area contributed by atoms with E-state index < -0.39 is 0 Å². The number of aliphatic imine (C=N–C) groups is 1. The highest BCUT2D eigenvalue weighted by Crippen LogP contribution is 2.13. The fourth-order valence-corrected chi connectivity index (χ4v) is 2.29. The number of rotatable bonds is 10. The van der Waals surface area contributed by atoms with E-state index in [9.17, 15) is 0 Å². The van der Waals surface area contributed by atoms with Crippen molar-refractivity contribution in [3.05, 3.63) is 29.8 Å². The Balaban J connectivity index is 0.00000576. The molecule has 0 unspecified atom stereocenters. The van der Waals surface area contributed by atoms with E-state index in [4.69, 9.17) is 4.74 Å². The Morgan fingerprint density at radius 3 is 2.28 bits per heavy atom. The standard InChI is InChI=1S/C19H34N4O.HI/c1-6-20-19(22-16(4)5)21-15-17-9-11-18(12-10-17)24-14-13-23(7-2)8-3;/h9-12,16H,6-8,13-15H2,1-5H3,(H2,20,21,22);1H. The van der Waals surface area contributed by atoms with Crippen LogP contribution in [0.4, 0.5) is 0 Å². The minimum absolute atomic E-state index is 0. The van der Waals surface area contributed by atoms with Crippen molar-refractivity contribution in [1.82, 2.24) is 15.5 Å². The summed E-state index contributed by atoms with van der Waals surface area (Å²) >= 11 is 0. The molecular formula is C19H35IN4O. The van der Waals surface area contributed by atoms with Gasteiger partial charge in [-0.3, -0.25) is 0 Å². The molecule has 0 aromatic heterocycles. The van der Waals surface area contributed by atoms with Gasteiger partial charge < -0.3 is 20.3 Å². The van der Waals surface area contributed by atoms with Crippen LogP contribution in [0.2, 0.25) is 0 Å². The van der Waals surface area contributed by atoms with Gasteiger partial charge in [-0.2, -0.15) is 0 Å². The summed E-state index contributed by atoms with van der Waals surface area (Å²) in [5, 5.41) is 6.58. The number of nitrogens with one attached hydrogen (secondary N) is 2. The maximum Gasteiger partial charge on any atom is 0.191 e. The number of hydrogen-bond acceptors (Lipinski definition) is 3. The lowest BCUT2D eigenvalue weighted by molar-refractivity contribution is 0.223. The van der Waals surface area contributed by atoms with E-state index >= 15 is 0 Å². The lowest BCUT2D eigenvalue weighted by Gasteiger charge is -2.18. The summed E-state index contributed by atoms with van der Waals surface area (Å²) in [5.41, 5.74) is 1.17. The predicted octanol–water partition coefficient (Wildman–Crippen LogP) is 3.49. The van der Waals surface area contributed by atoms with Crippen LogP contribution < -0.4 is 15.4 Å². The summed E-state index contributed by atoms with van der Waals surface area (Å²) in [4.78, 5) is 6.96. The summed E-state index contributed by atoms with van der Waals surface area (Å²) < 4.78 is 5.81. The Kier molecular flexibility index (Phi) is 13.6. The molecule has 2 N–H and O–H groups in total. The molecular weight excluding hydrogens is 427 g/mol. The number of nitrogens with zero attached hydrogens (tertiary/aromatic N) is 2. The fourth-order valence-electron chi connectivity index (χ4n) is 2.29. The zero-order chi connectivity index (χ0) is 17.8. The first-order chi connectivity index (χ1) is 11.6. The third-order valence-corrected chi connectivity index (χ3v) is 3.68. The van der Waals surface area contributed by atoms with Crippen LogP contribution in [-0.4, -0.2) is 49.7 Å². The summed E-state index contributed by atoms with van der Waals surface area (Å²) in [6, 6.07) is 8.57. The minimum Gasteiger partial charge on any atom is -0.492 e. The van der Waals surface area contributed by atoms with Gasteiger partial charge in [-0.1, -0.05) is 26.0 Å². The zero-order valence-corrected chi connectivity index (χ0v) is 18.7. The van der Waals surface area contributed by atoms with Crippen LogP contribution in [-0.2, 0) is 6.54 Å². The number of ether oxygens (including phenoxy) is 1. The molecule has 0 bridgehead atoms. The molecule has 0 amide bonds. The zero-order valence-electron chi connectivity index (χ0n) is 16.3. The number of halogens is 1. The van der Waals surface area contributed by atoms with Crippen molar-refractivity contribution in [1.29, 1.82) is 0 Å². The molecule has 0 saturated heterocycles. The molecule has 0 aliphatic rings. The summed E-state index contributed by atoms with van der Waals surface area (Å²) in [7, 11) is 0. The van der Waals surface area contributed by atoms with E-state index in [0.717, 1.165) is 44.5 Å². The molecule has 0 atom stereocenters. The Hall–Kier alpha value is -1.02. The van der Waals surface area contributed by atoms with Crippen molar-refractivity contribution in [3.8, 4) is 5.75 Å². The number of likely N-dealkylation sites (N-methyl/N-ethyl adjacent to an activating group) is 1. The third kappa shape index (κ3) is 10.5. The van der Waals surface area contributed by atoms with Crippen LogP contribution in [0.15, 0.2) is 29.3 Å². The van der Waals surface area contributed by atoms with E-state index in [1.54, 1.807) is 0 Å². The van der Waals surface area contributed by atoms with Gasteiger partial charge >= 0.3 is 0 Å². The van der Waals surface area contributed by atoms with E-state index in [-0.39, 0.29) is 24.0 Å². The van der Waals surface area contributed by atoms with Crippen molar-refractivity contribution in [2.75, 3.05) is 32.8 Å². The van der Waals surface area contributed by atoms with E-state index in [0.29, 0.717) is 12.6 Å². The minimum atomic E-state index is 0. The quantitative estimate of drug-likeness (QED) is 0.318. The number of guanidine groups is 1. The Bertz CT molecular complexity index is 473. The topological polar surface area (TPSA) is 48.9 Å². The first-order valence-corrected chi connectivity index (χ1v) is 9.07. The van der Waals surface area contributed by atoms with Crippen LogP contribution in [0.1, 0.15) is 40.2 Å². The average molecular weight is 462 g/mol. The summed E-state index contributed by atoms with van der Waals surface area (Å²) in [6.45, 7) is 16.0. The van der Waals surface area contributed by atoms with E-state index in [2.05, 4.69) is 67.3 Å². The van der Waals surface area contributed by atoms with Crippen molar-refractivity contribution in [2.24, 2.45) is 4.99 Å². The summed E-state index contributed by atoms with van der Waals surface area (Å²) in [5.74, 6) is 1.77. The second-order valence-corrected chi connectivity index (χ2v) is 6.01. The SMILES string of the molecule is CCNC(=NCc1ccc(OCCN(CC)CC)cc1)NC(C)C.I. The van der Waals surface area contributed by atoms with Crippen LogP contribution in [0.25, 0.3) is 0 Å². The molecule has 0 spiro atoms. The lowest BCUT2D eigenvalue weighted by atomic mass is 10.2. The van der Waals surface area contributed by atoms with Gasteiger partial charge in [0.2, 0.25) is 0 Å². The van der Waals surface area contributed by atoms with Crippen LogP contribution in [0.5, 0.6) is 5.75 Å². The summed E-state index contributed by atoms with van der Waals surface area (Å²) in [6.07, 6.45) is 0. The van der Waals surface area contributed by atoms with Gasteiger partial charge in [0.25, 0.3) is 0 Å². The van der Waals surface area contributed by atoms with E-state index in [1.165, 1.54) is 5.56 Å². The molecule has 0 fully saturated rings. The number of benzene rings is 1. The molecule has 0 heterocycles. The maximum atomic E-state index is 5.81. The molecule has 25 heavy (non-hydrogen) atoms. The molecule has 1 rings (SSSR count). The monoisotopic (exact) mass is 462 g/mol. The molecule has 0 aliphatic heterocycles. The van der Waals surface area contributed by atoms with Gasteiger partial charge in [0.1, 0.15) is 12.4 Å². The highest BCUT2D eigenvalue weighted by atomic mass is 127. The van der Waals surface area contributed by atoms with Gasteiger partial charge in [0.05, 0.1) is 6.54 Å². The molecule has 144 valence electrons. The van der Waals surface area contributed by atoms with Gasteiger partial charge in [0, 0.05) is 19.1 Å². The Morgan fingerprint density at radius 1 is 1.12 bits per heavy atom. The first-order valence-electron chi connectivity index (χ1n) is 9.07. The second kappa shape index (κ2) is 14.2. The lowest BCUT2D eigenvalue weighted by Crippen LogP contribution is -2.40. The van der Waals surface area contributed by atoms with Crippen molar-refractivity contribution in [3.63, 3.8) is 0 Å². The van der Waals surface area contributed by atoms with Gasteiger partial charge in [-0.25, -0.2) is 4.99 Å². The van der Waals surface area contributed by atoms with Gasteiger partial charge in [-0.05, 0) is 51.6 Å². The highest BCUT2D eigenvalue weighted by Gasteiger charge is 2.01. The van der Waals surface area contributed by atoms with Crippen LogP contribution in [0, 0.1) is 0 Å². The van der Waals surface area contributed by atoms with Crippen LogP contribution >= 0.6 is 24.0 Å². The van der Waals surface area contributed by atoms with Gasteiger partial charge in [0.15, 0.2) is 5.96 Å². The van der Waals surface area contributed by atoms with E-state index in [1.807, 2.05) is 12.1 Å². The smallest absolute Gasteiger partial charge is 0.191 e. The maximum absolute atomic E-state index is 5.81. The van der Waals surface area contributed by atoms with Gasteiger partial charge in [-0.15, -0.1) is 24.0 Å². The molecule has 6 heteroatoms. The number of hydrogen-bond donors (Lipinski definition) is 2. The predicted molar refractivity (Wildman–Crippen MR) is 118 cm³/mol. The average Bonchev–Trinajstić information content (AvgIpc) is 2.57. The Morgan fingerprint density at radius 2 is 1.76 bits per heavy atom. The third-order valence-electron chi connectivity index (χ3n) is 3.68. The highest BCUT2D eigenvalue weighted by molar-refractivity contribution is 14.0. The fraction of sp³-hybridized carbons (Fsp3) is 0.632. The molecule has 0 aliphatic carbocycles. The van der Waals surface area contributed by atoms with Crippen molar-refractivity contribution >= 4 is 29.9 Å². The normalized spacial score (nSPS) is 11.4. The second-order valence-electron chi connectivity index (χ2n) is 6.01. The molecule has 1 aromatic rings. The molecule has 0 radical (unpaired) electrons. The molecule has 1 aromatic carbocycles.